The number of hydrogen-bond donors (Lipinski definition) is 0. The number of ether oxygens (including phenoxy) is 1. The van der Waals surface area contributed by atoms with Crippen LogP contribution in [0.1, 0.15) is 6.92 Å². The summed E-state index contributed by atoms with van der Waals surface area (Å²) in [4.78, 5) is 23.1. The normalized spacial score (nSPS) is 8.83. The standard InChI is InChI=1S/C8H13NO3/c1-4-6-9(3)7(10)8(11)12-5-2/h4H,1,5-6H2,2-3H3. The minimum Gasteiger partial charge on any atom is -0.459 e. The molecule has 0 spiro atoms. The van der Waals surface area contributed by atoms with Crippen molar-refractivity contribution in [1.82, 2.24) is 4.90 Å². The van der Waals surface area contributed by atoms with Gasteiger partial charge in [0.25, 0.3) is 0 Å². The zero-order valence-corrected chi connectivity index (χ0v) is 7.37. The van der Waals surface area contributed by atoms with Crippen LogP contribution in [0.15, 0.2) is 12.7 Å². The summed E-state index contributed by atoms with van der Waals surface area (Å²) >= 11 is 0. The highest BCUT2D eigenvalue weighted by Crippen LogP contribution is 1.88. The fourth-order valence-corrected chi connectivity index (χ4v) is 0.625. The minimum atomic E-state index is -0.818. The van der Waals surface area contributed by atoms with E-state index in [-0.39, 0.29) is 6.61 Å². The molecule has 0 saturated heterocycles. The van der Waals surface area contributed by atoms with E-state index in [1.807, 2.05) is 0 Å². The SMILES string of the molecule is C=CCN(C)C(=O)C(=O)OCC. The Kier molecular flexibility index (Phi) is 4.76. The molecule has 1 amide bonds. The zero-order chi connectivity index (χ0) is 9.56. The van der Waals surface area contributed by atoms with Crippen molar-refractivity contribution in [1.29, 1.82) is 0 Å². The summed E-state index contributed by atoms with van der Waals surface area (Å²) in [5.41, 5.74) is 0. The highest BCUT2D eigenvalue weighted by molar-refractivity contribution is 6.32. The molecule has 0 aliphatic heterocycles. The molecule has 0 fully saturated rings. The maximum Gasteiger partial charge on any atom is 0.397 e. The van der Waals surface area contributed by atoms with Crippen LogP contribution in [0.5, 0.6) is 0 Å². The van der Waals surface area contributed by atoms with Gasteiger partial charge in [0.05, 0.1) is 6.61 Å². The van der Waals surface area contributed by atoms with E-state index in [4.69, 9.17) is 0 Å². The average Bonchev–Trinajstić information content (AvgIpc) is 2.04. The Morgan fingerprint density at radius 3 is 2.58 bits per heavy atom. The van der Waals surface area contributed by atoms with Gasteiger partial charge in [-0.15, -0.1) is 6.58 Å². The Bertz CT molecular complexity index is 189. The predicted molar refractivity (Wildman–Crippen MR) is 44.5 cm³/mol. The van der Waals surface area contributed by atoms with Crippen molar-refractivity contribution in [3.63, 3.8) is 0 Å². The number of hydrogen-bond acceptors (Lipinski definition) is 3. The Morgan fingerprint density at radius 1 is 1.58 bits per heavy atom. The summed E-state index contributed by atoms with van der Waals surface area (Å²) < 4.78 is 4.51. The first-order chi connectivity index (χ1) is 5.63. The number of carbonyl (C=O) groups excluding carboxylic acids is 2. The van der Waals surface area contributed by atoms with Gasteiger partial charge in [-0.25, -0.2) is 4.79 Å². The van der Waals surface area contributed by atoms with E-state index in [2.05, 4.69) is 11.3 Å². The number of rotatable bonds is 3. The Morgan fingerprint density at radius 2 is 2.17 bits per heavy atom. The molecule has 0 aliphatic rings. The largest absolute Gasteiger partial charge is 0.459 e. The van der Waals surface area contributed by atoms with Crippen LogP contribution >= 0.6 is 0 Å². The minimum absolute atomic E-state index is 0.215. The molecule has 0 aromatic heterocycles. The van der Waals surface area contributed by atoms with Crippen LogP contribution in [-0.2, 0) is 14.3 Å². The van der Waals surface area contributed by atoms with E-state index in [9.17, 15) is 9.59 Å². The van der Waals surface area contributed by atoms with E-state index in [1.54, 1.807) is 6.92 Å². The lowest BCUT2D eigenvalue weighted by Gasteiger charge is -2.12. The Hall–Kier alpha value is -1.32. The fourth-order valence-electron chi connectivity index (χ4n) is 0.625. The highest BCUT2D eigenvalue weighted by atomic mass is 16.5. The number of carbonyl (C=O) groups is 2. The van der Waals surface area contributed by atoms with E-state index in [1.165, 1.54) is 18.0 Å². The van der Waals surface area contributed by atoms with E-state index in [0.29, 0.717) is 6.54 Å². The first kappa shape index (κ1) is 10.7. The molecule has 68 valence electrons. The number of likely N-dealkylation sites (N-methyl/N-ethyl adjacent to an activating group) is 1. The quantitative estimate of drug-likeness (QED) is 0.346. The van der Waals surface area contributed by atoms with Gasteiger partial charge in [-0.2, -0.15) is 0 Å². The number of esters is 1. The van der Waals surface area contributed by atoms with Gasteiger partial charge in [0.1, 0.15) is 0 Å². The molecule has 0 bridgehead atoms. The third-order valence-corrected chi connectivity index (χ3v) is 1.20. The lowest BCUT2D eigenvalue weighted by Crippen LogP contribution is -2.34. The molecule has 0 aromatic carbocycles. The third kappa shape index (κ3) is 3.18. The molecular weight excluding hydrogens is 158 g/mol. The number of amides is 1. The van der Waals surface area contributed by atoms with Gasteiger partial charge in [-0.05, 0) is 6.92 Å². The van der Waals surface area contributed by atoms with Crippen molar-refractivity contribution in [3.05, 3.63) is 12.7 Å². The molecule has 0 atom stereocenters. The molecule has 0 rings (SSSR count). The van der Waals surface area contributed by atoms with E-state index in [0.717, 1.165) is 0 Å². The number of nitrogens with zero attached hydrogens (tertiary/aromatic N) is 1. The molecule has 0 aliphatic carbocycles. The van der Waals surface area contributed by atoms with Crippen LogP contribution < -0.4 is 0 Å². The second-order valence-corrected chi connectivity index (χ2v) is 2.19. The van der Waals surface area contributed by atoms with Crippen LogP contribution in [0.3, 0.4) is 0 Å². The maximum absolute atomic E-state index is 11.0. The lowest BCUT2D eigenvalue weighted by molar-refractivity contribution is -0.158. The molecule has 0 heterocycles. The first-order valence-corrected chi connectivity index (χ1v) is 3.66. The summed E-state index contributed by atoms with van der Waals surface area (Å²) in [7, 11) is 1.51. The molecular formula is C8H13NO3. The van der Waals surface area contributed by atoms with Crippen molar-refractivity contribution in [2.24, 2.45) is 0 Å². The van der Waals surface area contributed by atoms with E-state index >= 15 is 0 Å². The Labute approximate surface area is 71.8 Å². The lowest BCUT2D eigenvalue weighted by atomic mass is 10.5. The average molecular weight is 171 g/mol. The first-order valence-electron chi connectivity index (χ1n) is 3.66. The van der Waals surface area contributed by atoms with Gasteiger partial charge in [0, 0.05) is 13.6 Å². The summed E-state index contributed by atoms with van der Waals surface area (Å²) in [6.07, 6.45) is 1.54. The zero-order valence-electron chi connectivity index (χ0n) is 7.37. The Balaban J connectivity index is 3.99. The molecule has 4 nitrogen and oxygen atoms in total. The van der Waals surface area contributed by atoms with Crippen molar-refractivity contribution < 1.29 is 14.3 Å². The van der Waals surface area contributed by atoms with Crippen LogP contribution in [0.4, 0.5) is 0 Å². The van der Waals surface area contributed by atoms with Crippen molar-refractivity contribution in [3.8, 4) is 0 Å². The second-order valence-electron chi connectivity index (χ2n) is 2.19. The van der Waals surface area contributed by atoms with Gasteiger partial charge in [-0.1, -0.05) is 6.08 Å². The molecule has 0 aromatic rings. The summed E-state index contributed by atoms with van der Waals surface area (Å²) in [5, 5.41) is 0. The molecule has 0 saturated carbocycles. The predicted octanol–water partition coefficient (Wildman–Crippen LogP) is 0.194. The molecule has 12 heavy (non-hydrogen) atoms. The van der Waals surface area contributed by atoms with Crippen molar-refractivity contribution in [2.75, 3.05) is 20.2 Å². The van der Waals surface area contributed by atoms with Gasteiger partial charge in [0.2, 0.25) is 0 Å². The third-order valence-electron chi connectivity index (χ3n) is 1.20. The maximum atomic E-state index is 11.0. The van der Waals surface area contributed by atoms with Crippen LogP contribution in [-0.4, -0.2) is 37.0 Å². The molecule has 0 radical (unpaired) electrons. The summed E-state index contributed by atoms with van der Waals surface area (Å²) in [5.74, 6) is -1.46. The smallest absolute Gasteiger partial charge is 0.397 e. The second kappa shape index (κ2) is 5.35. The van der Waals surface area contributed by atoms with Crippen molar-refractivity contribution >= 4 is 11.9 Å². The molecule has 0 unspecified atom stereocenters. The fraction of sp³-hybridized carbons (Fsp3) is 0.500. The van der Waals surface area contributed by atoms with Gasteiger partial charge < -0.3 is 9.64 Å². The van der Waals surface area contributed by atoms with Crippen LogP contribution in [0.2, 0.25) is 0 Å². The van der Waals surface area contributed by atoms with Gasteiger partial charge in [-0.3, -0.25) is 4.79 Å². The van der Waals surface area contributed by atoms with E-state index < -0.39 is 11.9 Å². The molecule has 4 heteroatoms. The summed E-state index contributed by atoms with van der Waals surface area (Å²) in [6, 6.07) is 0. The van der Waals surface area contributed by atoms with Gasteiger partial charge >= 0.3 is 11.9 Å². The van der Waals surface area contributed by atoms with Crippen LogP contribution in [0, 0.1) is 0 Å². The molecule has 0 N–H and O–H groups in total. The highest BCUT2D eigenvalue weighted by Gasteiger charge is 2.18. The van der Waals surface area contributed by atoms with Gasteiger partial charge in [0.15, 0.2) is 0 Å². The topological polar surface area (TPSA) is 46.6 Å². The monoisotopic (exact) mass is 171 g/mol. The summed E-state index contributed by atoms with van der Waals surface area (Å²) in [6.45, 7) is 5.65. The van der Waals surface area contributed by atoms with Crippen molar-refractivity contribution in [2.45, 2.75) is 6.92 Å². The van der Waals surface area contributed by atoms with Crippen LogP contribution in [0.25, 0.3) is 0 Å².